The summed E-state index contributed by atoms with van der Waals surface area (Å²) in [5, 5.41) is 0.646. The van der Waals surface area contributed by atoms with E-state index in [2.05, 4.69) is 9.80 Å². The lowest BCUT2D eigenvalue weighted by Crippen LogP contribution is -2.57. The Bertz CT molecular complexity index is 1150. The molecule has 15 heteroatoms. The van der Waals surface area contributed by atoms with E-state index in [4.69, 9.17) is 27.9 Å². The lowest BCUT2D eigenvalue weighted by Gasteiger charge is -2.42. The van der Waals surface area contributed by atoms with Crippen molar-refractivity contribution in [1.29, 1.82) is 0 Å². The quantitative estimate of drug-likeness (QED) is 0.326. The molecule has 2 saturated heterocycles. The van der Waals surface area contributed by atoms with Crippen molar-refractivity contribution in [3.05, 3.63) is 68.7 Å². The number of benzene rings is 2. The average Bonchev–Trinajstić information content (AvgIpc) is 2.89. The number of ether oxygens (including phenoxy) is 1. The highest BCUT2D eigenvalue weighted by Gasteiger charge is 2.39. The molecule has 1 atom stereocenters. The van der Waals surface area contributed by atoms with Crippen LogP contribution in [-0.2, 0) is 23.5 Å². The maximum absolute atomic E-state index is 13.5. The molecule has 0 bridgehead atoms. The Kier molecular flexibility index (Phi) is 12.9. The fraction of sp³-hybridized carbons (Fsp3) is 0.500. The molecule has 0 aliphatic carbocycles. The number of rotatable bonds is 6. The Morgan fingerprint density at radius 2 is 1.39 bits per heavy atom. The van der Waals surface area contributed by atoms with Gasteiger partial charge in [0.25, 0.3) is 5.91 Å². The number of halogens is 10. The number of amides is 1. The number of piperazine rings is 1. The van der Waals surface area contributed by atoms with Crippen molar-refractivity contribution in [1.82, 2.24) is 14.7 Å². The predicted molar refractivity (Wildman–Crippen MR) is 150 cm³/mol. The van der Waals surface area contributed by atoms with Gasteiger partial charge in [-0.05, 0) is 42.3 Å². The van der Waals surface area contributed by atoms with Crippen LogP contribution in [0.25, 0.3) is 0 Å². The maximum atomic E-state index is 13.5. The summed E-state index contributed by atoms with van der Waals surface area (Å²) in [4.78, 5) is 19.3. The summed E-state index contributed by atoms with van der Waals surface area (Å²) >= 11 is 12.2. The Morgan fingerprint density at radius 1 is 0.805 bits per heavy atom. The van der Waals surface area contributed by atoms with E-state index in [1.165, 1.54) is 4.90 Å². The van der Waals surface area contributed by atoms with Crippen molar-refractivity contribution in [3.8, 4) is 0 Å². The minimum atomic E-state index is -5.05. The van der Waals surface area contributed by atoms with Crippen molar-refractivity contribution < 1.29 is 35.9 Å². The molecule has 0 saturated carbocycles. The van der Waals surface area contributed by atoms with Gasteiger partial charge in [0.15, 0.2) is 0 Å². The molecule has 41 heavy (non-hydrogen) atoms. The molecular weight excluding hydrogens is 642 g/mol. The first-order chi connectivity index (χ1) is 18.3. The van der Waals surface area contributed by atoms with Crippen LogP contribution in [0, 0.1) is 0 Å². The van der Waals surface area contributed by atoms with Crippen LogP contribution in [0.4, 0.5) is 26.3 Å². The third-order valence-corrected chi connectivity index (χ3v) is 7.69. The summed E-state index contributed by atoms with van der Waals surface area (Å²) in [6.07, 6.45) is -9.80. The summed E-state index contributed by atoms with van der Waals surface area (Å²) in [6, 6.07) is 5.45. The van der Waals surface area contributed by atoms with E-state index in [0.717, 1.165) is 25.2 Å². The summed E-state index contributed by atoms with van der Waals surface area (Å²) in [5.41, 5.74) is -2.96. The zero-order chi connectivity index (χ0) is 28.4. The summed E-state index contributed by atoms with van der Waals surface area (Å²) in [6.45, 7) is 5.36. The lowest BCUT2D eigenvalue weighted by molar-refractivity contribution is -0.143. The van der Waals surface area contributed by atoms with Crippen molar-refractivity contribution in [2.45, 2.75) is 24.8 Å². The summed E-state index contributed by atoms with van der Waals surface area (Å²) < 4.78 is 86.0. The Labute approximate surface area is 256 Å². The first-order valence-corrected chi connectivity index (χ1v) is 13.1. The molecule has 2 aliphatic heterocycles. The third-order valence-electron chi connectivity index (χ3n) is 6.95. The monoisotopic (exact) mass is 669 g/mol. The van der Waals surface area contributed by atoms with E-state index in [9.17, 15) is 31.1 Å². The summed E-state index contributed by atoms with van der Waals surface area (Å²) in [7, 11) is 0. The summed E-state index contributed by atoms with van der Waals surface area (Å²) in [5.74, 6) is -0.885. The van der Waals surface area contributed by atoms with Gasteiger partial charge in [0, 0.05) is 57.4 Å². The second-order valence-corrected chi connectivity index (χ2v) is 10.5. The molecule has 0 radical (unpaired) electrons. The zero-order valence-corrected chi connectivity index (χ0v) is 24.8. The highest BCUT2D eigenvalue weighted by atomic mass is 35.5. The number of nitrogens with zero attached hydrogens (tertiary/aromatic N) is 3. The zero-order valence-electron chi connectivity index (χ0n) is 21.6. The van der Waals surface area contributed by atoms with E-state index < -0.39 is 41.0 Å². The highest BCUT2D eigenvalue weighted by Crippen LogP contribution is 2.37. The number of carbonyl (C=O) groups excluding carboxylic acids is 1. The van der Waals surface area contributed by atoms with Gasteiger partial charge in [-0.15, -0.1) is 24.8 Å². The molecule has 2 aromatic carbocycles. The molecule has 0 spiro atoms. The van der Waals surface area contributed by atoms with E-state index in [0.29, 0.717) is 61.4 Å². The number of alkyl halides is 6. The van der Waals surface area contributed by atoms with Gasteiger partial charge in [-0.25, -0.2) is 0 Å². The van der Waals surface area contributed by atoms with Crippen LogP contribution in [0.5, 0.6) is 0 Å². The number of hydrogen-bond donors (Lipinski definition) is 0. The predicted octanol–water partition coefficient (Wildman–Crippen LogP) is 6.58. The van der Waals surface area contributed by atoms with Crippen LogP contribution in [0.15, 0.2) is 36.4 Å². The average molecular weight is 671 g/mol. The first kappa shape index (κ1) is 35.7. The molecule has 4 rings (SSSR count). The van der Waals surface area contributed by atoms with Crippen molar-refractivity contribution in [3.63, 3.8) is 0 Å². The Morgan fingerprint density at radius 3 is 1.95 bits per heavy atom. The van der Waals surface area contributed by atoms with Crippen LogP contribution >= 0.6 is 48.0 Å². The van der Waals surface area contributed by atoms with Crippen LogP contribution in [0.3, 0.4) is 0 Å². The van der Waals surface area contributed by atoms with E-state index in [-0.39, 0.29) is 37.4 Å². The van der Waals surface area contributed by atoms with Crippen LogP contribution in [0.1, 0.15) is 27.0 Å². The first-order valence-electron chi connectivity index (χ1n) is 12.4. The second-order valence-electron chi connectivity index (χ2n) is 9.65. The minimum absolute atomic E-state index is 0. The smallest absolute Gasteiger partial charge is 0.379 e. The molecule has 5 nitrogen and oxygen atoms in total. The molecular formula is C26H29Cl4F6N3O2. The fourth-order valence-electron chi connectivity index (χ4n) is 4.86. The number of hydrogen-bond acceptors (Lipinski definition) is 4. The topological polar surface area (TPSA) is 36.0 Å². The number of carbonyl (C=O) groups is 1. The SMILES string of the molecule is Cl.Cl.O=C(c1cc(C(F)(F)F)cc(C(F)(F)F)c1)N1CCN(CCN2CCOCC2)C[C@H]1Cc1ccc(Cl)c(Cl)c1. The Balaban J connectivity index is 0.00000294. The molecule has 230 valence electrons. The fourth-order valence-corrected chi connectivity index (χ4v) is 5.18. The van der Waals surface area contributed by atoms with E-state index in [1.54, 1.807) is 18.2 Å². The molecule has 0 N–H and O–H groups in total. The minimum Gasteiger partial charge on any atom is -0.379 e. The largest absolute Gasteiger partial charge is 0.416 e. The second kappa shape index (κ2) is 14.8. The standard InChI is InChI=1S/C26H27Cl2F6N3O2.2ClH/c27-22-2-1-17(12-23(22)28)11-21-16-36(4-3-35-7-9-39-10-8-35)5-6-37(21)24(38)18-13-19(25(29,30)31)15-20(14-18)26(32,33)34;;/h1-2,12-15,21H,3-11,16H2;2*1H/t21-;;/m1../s1. The maximum Gasteiger partial charge on any atom is 0.416 e. The van der Waals surface area contributed by atoms with Gasteiger partial charge in [-0.3, -0.25) is 14.6 Å². The third kappa shape index (κ3) is 9.51. The van der Waals surface area contributed by atoms with E-state index >= 15 is 0 Å². The molecule has 2 fully saturated rings. The van der Waals surface area contributed by atoms with Crippen LogP contribution in [0.2, 0.25) is 10.0 Å². The van der Waals surface area contributed by atoms with Crippen molar-refractivity contribution in [2.75, 3.05) is 59.0 Å². The van der Waals surface area contributed by atoms with Gasteiger partial charge >= 0.3 is 12.4 Å². The normalized spacial score (nSPS) is 18.9. The lowest BCUT2D eigenvalue weighted by atomic mass is 9.99. The van der Waals surface area contributed by atoms with Gasteiger partial charge in [0.1, 0.15) is 0 Å². The van der Waals surface area contributed by atoms with Crippen LogP contribution in [-0.4, -0.2) is 85.7 Å². The molecule has 0 aromatic heterocycles. The molecule has 2 heterocycles. The van der Waals surface area contributed by atoms with Gasteiger partial charge < -0.3 is 9.64 Å². The van der Waals surface area contributed by atoms with E-state index in [1.807, 2.05) is 0 Å². The highest BCUT2D eigenvalue weighted by molar-refractivity contribution is 6.42. The van der Waals surface area contributed by atoms with Gasteiger partial charge in [-0.1, -0.05) is 29.3 Å². The van der Waals surface area contributed by atoms with Crippen molar-refractivity contribution in [2.24, 2.45) is 0 Å². The molecule has 2 aromatic rings. The molecule has 0 unspecified atom stereocenters. The molecule has 2 aliphatic rings. The van der Waals surface area contributed by atoms with Crippen LogP contribution < -0.4 is 0 Å². The van der Waals surface area contributed by atoms with Gasteiger partial charge in [0.2, 0.25) is 0 Å². The van der Waals surface area contributed by atoms with Crippen molar-refractivity contribution >= 4 is 53.9 Å². The molecule has 1 amide bonds. The number of morpholine rings is 1. The Hall–Kier alpha value is -1.47. The van der Waals surface area contributed by atoms with Gasteiger partial charge in [0.05, 0.1) is 34.4 Å². The van der Waals surface area contributed by atoms with Gasteiger partial charge in [-0.2, -0.15) is 26.3 Å².